The summed E-state index contributed by atoms with van der Waals surface area (Å²) in [5, 5.41) is 6.73. The molecule has 0 amide bonds. The lowest BCUT2D eigenvalue weighted by molar-refractivity contribution is 0.410. The van der Waals surface area contributed by atoms with Gasteiger partial charge in [-0.15, -0.1) is 0 Å². The van der Waals surface area contributed by atoms with Crippen molar-refractivity contribution in [2.75, 3.05) is 17.7 Å². The van der Waals surface area contributed by atoms with Crippen LogP contribution in [-0.2, 0) is 6.54 Å². The lowest BCUT2D eigenvalue weighted by atomic mass is 10.1. The van der Waals surface area contributed by atoms with Gasteiger partial charge in [-0.1, -0.05) is 18.2 Å². The third-order valence-electron chi connectivity index (χ3n) is 3.82. The molecule has 1 aromatic carbocycles. The quantitative estimate of drug-likeness (QED) is 0.678. The maximum absolute atomic E-state index is 5.42. The van der Waals surface area contributed by atoms with Crippen molar-refractivity contribution in [3.05, 3.63) is 60.4 Å². The highest BCUT2D eigenvalue weighted by molar-refractivity contribution is 5.63. The Hall–Kier alpha value is -3.15. The van der Waals surface area contributed by atoms with Gasteiger partial charge in [0, 0.05) is 41.7 Å². The average molecular weight is 363 g/mol. The van der Waals surface area contributed by atoms with Crippen LogP contribution in [-0.4, -0.2) is 27.6 Å². The van der Waals surface area contributed by atoms with Crippen LogP contribution in [0, 0.1) is 0 Å². The highest BCUT2D eigenvalue weighted by Crippen LogP contribution is 2.24. The molecule has 0 aliphatic heterocycles. The van der Waals surface area contributed by atoms with Crippen molar-refractivity contribution in [1.82, 2.24) is 15.0 Å². The number of aromatic nitrogens is 3. The van der Waals surface area contributed by atoms with Crippen LogP contribution < -0.4 is 15.4 Å². The summed E-state index contributed by atoms with van der Waals surface area (Å²) in [4.78, 5) is 13.5. The first-order valence-electron chi connectivity index (χ1n) is 8.88. The van der Waals surface area contributed by atoms with Crippen molar-refractivity contribution in [3.8, 4) is 17.0 Å². The zero-order chi connectivity index (χ0) is 19.3. The third-order valence-corrected chi connectivity index (χ3v) is 3.82. The second-order valence-electron chi connectivity index (χ2n) is 7.24. The Morgan fingerprint density at radius 3 is 2.56 bits per heavy atom. The zero-order valence-electron chi connectivity index (χ0n) is 16.2. The van der Waals surface area contributed by atoms with E-state index in [1.807, 2.05) is 42.5 Å². The Kier molecular flexibility index (Phi) is 5.54. The second kappa shape index (κ2) is 8.03. The molecular formula is C21H25N5O. The van der Waals surface area contributed by atoms with Gasteiger partial charge in [-0.05, 0) is 39.0 Å². The molecule has 0 aliphatic rings. The van der Waals surface area contributed by atoms with Crippen LogP contribution in [0.5, 0.6) is 5.75 Å². The number of anilines is 2. The Balaban J connectivity index is 1.90. The van der Waals surface area contributed by atoms with Crippen molar-refractivity contribution in [3.63, 3.8) is 0 Å². The van der Waals surface area contributed by atoms with Crippen LogP contribution in [0.4, 0.5) is 11.8 Å². The maximum Gasteiger partial charge on any atom is 0.225 e. The number of nitrogens with one attached hydrogen (secondary N) is 2. The Bertz CT molecular complexity index is 891. The first kappa shape index (κ1) is 18.6. The van der Waals surface area contributed by atoms with Crippen molar-refractivity contribution < 1.29 is 4.74 Å². The van der Waals surface area contributed by atoms with E-state index in [0.717, 1.165) is 28.4 Å². The summed E-state index contributed by atoms with van der Waals surface area (Å²) in [6.07, 6.45) is 3.55. The molecule has 3 rings (SSSR count). The molecule has 0 bridgehead atoms. The predicted octanol–water partition coefficient (Wildman–Crippen LogP) is 4.37. The van der Waals surface area contributed by atoms with Gasteiger partial charge in [0.2, 0.25) is 5.95 Å². The molecule has 2 heterocycles. The first-order valence-corrected chi connectivity index (χ1v) is 8.88. The fraction of sp³-hybridized carbons (Fsp3) is 0.286. The number of rotatable bonds is 6. The number of hydrogen-bond donors (Lipinski definition) is 2. The molecular weight excluding hydrogens is 338 g/mol. The monoisotopic (exact) mass is 363 g/mol. The van der Waals surface area contributed by atoms with E-state index < -0.39 is 0 Å². The SMILES string of the molecule is COc1ccccc1CNc1cc(-c2cccnc2)nc(NC(C)(C)C)n1. The predicted molar refractivity (Wildman–Crippen MR) is 109 cm³/mol. The lowest BCUT2D eigenvalue weighted by Crippen LogP contribution is -2.27. The van der Waals surface area contributed by atoms with E-state index >= 15 is 0 Å². The molecule has 2 N–H and O–H groups in total. The molecule has 0 spiro atoms. The molecule has 0 aliphatic carbocycles. The minimum Gasteiger partial charge on any atom is -0.496 e. The molecule has 0 unspecified atom stereocenters. The van der Waals surface area contributed by atoms with E-state index in [2.05, 4.69) is 46.4 Å². The van der Waals surface area contributed by atoms with E-state index in [0.29, 0.717) is 12.5 Å². The number of hydrogen-bond acceptors (Lipinski definition) is 6. The molecule has 140 valence electrons. The topological polar surface area (TPSA) is 72.0 Å². The molecule has 3 aromatic rings. The first-order chi connectivity index (χ1) is 12.9. The van der Waals surface area contributed by atoms with Crippen molar-refractivity contribution in [2.24, 2.45) is 0 Å². The average Bonchev–Trinajstić information content (AvgIpc) is 2.66. The molecule has 0 fully saturated rings. The second-order valence-corrected chi connectivity index (χ2v) is 7.24. The molecule has 6 heteroatoms. The standard InChI is InChI=1S/C21H25N5O/c1-21(2,3)26-20-24-17(15-9-7-11-22-13-15)12-19(25-20)23-14-16-8-5-6-10-18(16)27-4/h5-13H,14H2,1-4H3,(H2,23,24,25,26). The number of pyridine rings is 1. The fourth-order valence-electron chi connectivity index (χ4n) is 2.63. The van der Waals surface area contributed by atoms with Gasteiger partial charge in [-0.3, -0.25) is 4.98 Å². The number of ether oxygens (including phenoxy) is 1. The van der Waals surface area contributed by atoms with Gasteiger partial charge >= 0.3 is 0 Å². The van der Waals surface area contributed by atoms with Gasteiger partial charge in [0.1, 0.15) is 11.6 Å². The van der Waals surface area contributed by atoms with Crippen LogP contribution in [0.2, 0.25) is 0 Å². The summed E-state index contributed by atoms with van der Waals surface area (Å²) < 4.78 is 5.42. The number of benzene rings is 1. The van der Waals surface area contributed by atoms with Gasteiger partial charge in [0.05, 0.1) is 12.8 Å². The molecule has 0 radical (unpaired) electrons. The summed E-state index contributed by atoms with van der Waals surface area (Å²) in [6.45, 7) is 6.83. The Morgan fingerprint density at radius 1 is 1.04 bits per heavy atom. The van der Waals surface area contributed by atoms with Gasteiger partial charge in [0.15, 0.2) is 0 Å². The smallest absolute Gasteiger partial charge is 0.225 e. The van der Waals surface area contributed by atoms with Gasteiger partial charge in [0.25, 0.3) is 0 Å². The van der Waals surface area contributed by atoms with Crippen molar-refractivity contribution in [1.29, 1.82) is 0 Å². The van der Waals surface area contributed by atoms with Gasteiger partial charge < -0.3 is 15.4 Å². The van der Waals surface area contributed by atoms with Crippen LogP contribution in [0.15, 0.2) is 54.9 Å². The van der Waals surface area contributed by atoms with E-state index in [1.165, 1.54) is 0 Å². The highest BCUT2D eigenvalue weighted by atomic mass is 16.5. The normalized spacial score (nSPS) is 11.1. The largest absolute Gasteiger partial charge is 0.496 e. The molecule has 2 aromatic heterocycles. The molecule has 6 nitrogen and oxygen atoms in total. The van der Waals surface area contributed by atoms with Gasteiger partial charge in [-0.25, -0.2) is 4.98 Å². The molecule has 27 heavy (non-hydrogen) atoms. The van der Waals surface area contributed by atoms with Crippen molar-refractivity contribution in [2.45, 2.75) is 32.9 Å². The summed E-state index contributed by atoms with van der Waals surface area (Å²) in [6, 6.07) is 13.7. The zero-order valence-corrected chi connectivity index (χ0v) is 16.2. The molecule has 0 saturated carbocycles. The van der Waals surface area contributed by atoms with E-state index in [-0.39, 0.29) is 5.54 Å². The Morgan fingerprint density at radius 2 is 1.85 bits per heavy atom. The van der Waals surface area contributed by atoms with Crippen molar-refractivity contribution >= 4 is 11.8 Å². The van der Waals surface area contributed by atoms with E-state index in [9.17, 15) is 0 Å². The fourth-order valence-corrected chi connectivity index (χ4v) is 2.63. The van der Waals surface area contributed by atoms with Crippen LogP contribution >= 0.6 is 0 Å². The Labute approximate surface area is 160 Å². The van der Waals surface area contributed by atoms with Gasteiger partial charge in [-0.2, -0.15) is 4.98 Å². The molecule has 0 saturated heterocycles. The number of methoxy groups -OCH3 is 1. The summed E-state index contributed by atoms with van der Waals surface area (Å²) in [5.74, 6) is 2.16. The number of nitrogens with zero attached hydrogens (tertiary/aromatic N) is 3. The van der Waals surface area contributed by atoms with Crippen LogP contribution in [0.3, 0.4) is 0 Å². The van der Waals surface area contributed by atoms with Crippen LogP contribution in [0.1, 0.15) is 26.3 Å². The highest BCUT2D eigenvalue weighted by Gasteiger charge is 2.14. The van der Waals surface area contributed by atoms with E-state index in [4.69, 9.17) is 4.74 Å². The summed E-state index contributed by atoms with van der Waals surface area (Å²) in [5.41, 5.74) is 2.67. The van der Waals surface area contributed by atoms with Crippen LogP contribution in [0.25, 0.3) is 11.3 Å². The minimum atomic E-state index is -0.145. The molecule has 0 atom stereocenters. The third kappa shape index (κ3) is 5.17. The maximum atomic E-state index is 5.42. The summed E-state index contributed by atoms with van der Waals surface area (Å²) >= 11 is 0. The summed E-state index contributed by atoms with van der Waals surface area (Å²) in [7, 11) is 1.68. The minimum absolute atomic E-state index is 0.145. The number of para-hydroxylation sites is 1. The van der Waals surface area contributed by atoms with E-state index in [1.54, 1.807) is 19.5 Å². The lowest BCUT2D eigenvalue weighted by Gasteiger charge is -2.21.